The Balaban J connectivity index is 1.68. The van der Waals surface area contributed by atoms with Crippen LogP contribution in [0.5, 0.6) is 17.2 Å². The highest BCUT2D eigenvalue weighted by atomic mass is 16.5. The number of hydrazine groups is 1. The van der Waals surface area contributed by atoms with E-state index in [0.29, 0.717) is 17.2 Å². The number of carbonyl (C=O) groups excluding carboxylic acids is 2. The first-order chi connectivity index (χ1) is 11.7. The highest BCUT2D eigenvalue weighted by molar-refractivity contribution is 5.83. The van der Waals surface area contributed by atoms with Crippen molar-refractivity contribution in [3.63, 3.8) is 0 Å². The van der Waals surface area contributed by atoms with Crippen LogP contribution in [0.25, 0.3) is 0 Å². The first-order valence-electron chi connectivity index (χ1n) is 7.20. The van der Waals surface area contributed by atoms with Crippen LogP contribution in [0, 0.1) is 0 Å². The third-order valence-electron chi connectivity index (χ3n) is 2.88. The van der Waals surface area contributed by atoms with Crippen LogP contribution in [-0.4, -0.2) is 32.1 Å². The van der Waals surface area contributed by atoms with E-state index in [1.165, 1.54) is 7.11 Å². The molecule has 0 aromatic heterocycles. The largest absolute Gasteiger partial charge is 0.493 e. The molecule has 0 saturated heterocycles. The predicted octanol–water partition coefficient (Wildman–Crippen LogP) is 1.30. The highest BCUT2D eigenvalue weighted by Gasteiger charge is 2.08. The van der Waals surface area contributed by atoms with Gasteiger partial charge in [0.25, 0.3) is 11.8 Å². The summed E-state index contributed by atoms with van der Waals surface area (Å²) in [6.45, 7) is -0.474. The molecule has 0 atom stereocenters. The molecule has 2 N–H and O–H groups in total. The molecule has 0 heterocycles. The summed E-state index contributed by atoms with van der Waals surface area (Å²) in [4.78, 5) is 23.2. The summed E-state index contributed by atoms with van der Waals surface area (Å²) >= 11 is 0. The molecule has 2 aromatic carbocycles. The number of hydrogen-bond donors (Lipinski definition) is 2. The Morgan fingerprint density at radius 3 is 1.96 bits per heavy atom. The Hall–Kier alpha value is -3.22. The fourth-order valence-corrected chi connectivity index (χ4v) is 1.76. The Morgan fingerprint density at radius 2 is 1.33 bits per heavy atom. The van der Waals surface area contributed by atoms with Gasteiger partial charge in [-0.3, -0.25) is 20.4 Å². The average Bonchev–Trinajstić information content (AvgIpc) is 2.64. The molecule has 0 aliphatic rings. The number of nitrogens with one attached hydrogen (secondary N) is 2. The number of para-hydroxylation sites is 3. The van der Waals surface area contributed by atoms with Crippen molar-refractivity contribution in [2.45, 2.75) is 0 Å². The molecular weight excluding hydrogens is 312 g/mol. The molecule has 0 spiro atoms. The van der Waals surface area contributed by atoms with E-state index < -0.39 is 11.8 Å². The zero-order chi connectivity index (χ0) is 17.2. The Bertz CT molecular complexity index is 676. The molecule has 0 aliphatic carbocycles. The number of rotatable bonds is 7. The van der Waals surface area contributed by atoms with Crippen LogP contribution in [0.1, 0.15) is 0 Å². The number of hydrogen-bond acceptors (Lipinski definition) is 5. The van der Waals surface area contributed by atoms with E-state index in [-0.39, 0.29) is 13.2 Å². The molecule has 0 fully saturated rings. The lowest BCUT2D eigenvalue weighted by Gasteiger charge is -2.11. The molecule has 2 amide bonds. The molecule has 7 heteroatoms. The van der Waals surface area contributed by atoms with Crippen molar-refractivity contribution < 1.29 is 23.8 Å². The van der Waals surface area contributed by atoms with Crippen molar-refractivity contribution in [1.82, 2.24) is 10.9 Å². The molecule has 24 heavy (non-hydrogen) atoms. The lowest BCUT2D eigenvalue weighted by atomic mass is 10.3. The fourth-order valence-electron chi connectivity index (χ4n) is 1.76. The van der Waals surface area contributed by atoms with E-state index in [2.05, 4.69) is 10.9 Å². The quantitative estimate of drug-likeness (QED) is 0.748. The van der Waals surface area contributed by atoms with Crippen LogP contribution in [0.3, 0.4) is 0 Å². The SMILES string of the molecule is COc1ccccc1OCC(=O)NNC(=O)COc1ccccc1. The second-order valence-electron chi connectivity index (χ2n) is 4.64. The normalized spacial score (nSPS) is 9.71. The molecule has 0 bridgehead atoms. The van der Waals surface area contributed by atoms with E-state index in [9.17, 15) is 9.59 Å². The number of carbonyl (C=O) groups is 2. The first kappa shape index (κ1) is 17.1. The van der Waals surface area contributed by atoms with Gasteiger partial charge in [-0.15, -0.1) is 0 Å². The number of benzene rings is 2. The third-order valence-corrected chi connectivity index (χ3v) is 2.88. The molecule has 2 aromatic rings. The highest BCUT2D eigenvalue weighted by Crippen LogP contribution is 2.25. The number of ether oxygens (including phenoxy) is 3. The standard InChI is InChI=1S/C17H18N2O5/c1-22-14-9-5-6-10-15(14)24-12-17(21)19-18-16(20)11-23-13-7-3-2-4-8-13/h2-10H,11-12H2,1H3,(H,18,20)(H,19,21). The molecule has 126 valence electrons. The van der Waals surface area contributed by atoms with Crippen LogP contribution in [0.2, 0.25) is 0 Å². The molecule has 0 unspecified atom stereocenters. The van der Waals surface area contributed by atoms with E-state index in [4.69, 9.17) is 14.2 Å². The second kappa shape index (κ2) is 9.04. The van der Waals surface area contributed by atoms with Gasteiger partial charge in [0.05, 0.1) is 7.11 Å². The number of methoxy groups -OCH3 is 1. The summed E-state index contributed by atoms with van der Waals surface area (Å²) in [6, 6.07) is 15.8. The van der Waals surface area contributed by atoms with Crippen LogP contribution in [0.15, 0.2) is 54.6 Å². The zero-order valence-corrected chi connectivity index (χ0v) is 13.2. The molecule has 0 aliphatic heterocycles. The Kier molecular flexibility index (Phi) is 6.46. The molecule has 0 saturated carbocycles. The van der Waals surface area contributed by atoms with Crippen molar-refractivity contribution in [3.05, 3.63) is 54.6 Å². The van der Waals surface area contributed by atoms with Crippen LogP contribution >= 0.6 is 0 Å². The minimum Gasteiger partial charge on any atom is -0.493 e. The van der Waals surface area contributed by atoms with Gasteiger partial charge < -0.3 is 14.2 Å². The minimum absolute atomic E-state index is 0.211. The van der Waals surface area contributed by atoms with Crippen LogP contribution in [-0.2, 0) is 9.59 Å². The van der Waals surface area contributed by atoms with E-state index in [0.717, 1.165) is 0 Å². The van der Waals surface area contributed by atoms with E-state index in [1.54, 1.807) is 48.5 Å². The van der Waals surface area contributed by atoms with Gasteiger partial charge in [0.15, 0.2) is 24.7 Å². The van der Waals surface area contributed by atoms with Crippen molar-refractivity contribution in [2.75, 3.05) is 20.3 Å². The minimum atomic E-state index is -0.506. The van der Waals surface area contributed by atoms with Crippen molar-refractivity contribution in [2.24, 2.45) is 0 Å². The smallest absolute Gasteiger partial charge is 0.276 e. The summed E-state index contributed by atoms with van der Waals surface area (Å²) in [6.07, 6.45) is 0. The maximum absolute atomic E-state index is 11.7. The third kappa shape index (κ3) is 5.53. The molecule has 7 nitrogen and oxygen atoms in total. The monoisotopic (exact) mass is 330 g/mol. The van der Waals surface area contributed by atoms with E-state index >= 15 is 0 Å². The zero-order valence-electron chi connectivity index (χ0n) is 13.2. The van der Waals surface area contributed by atoms with Crippen molar-refractivity contribution >= 4 is 11.8 Å². The first-order valence-corrected chi connectivity index (χ1v) is 7.20. The van der Waals surface area contributed by atoms with Gasteiger partial charge >= 0.3 is 0 Å². The Morgan fingerprint density at radius 1 is 0.792 bits per heavy atom. The summed E-state index contributed by atoms with van der Waals surface area (Å²) in [5.74, 6) is 0.538. The maximum Gasteiger partial charge on any atom is 0.276 e. The van der Waals surface area contributed by atoms with Gasteiger partial charge in [-0.2, -0.15) is 0 Å². The maximum atomic E-state index is 11.7. The van der Waals surface area contributed by atoms with Crippen LogP contribution < -0.4 is 25.1 Å². The summed E-state index contributed by atoms with van der Waals surface area (Å²) < 4.78 is 15.7. The van der Waals surface area contributed by atoms with Gasteiger partial charge in [0, 0.05) is 0 Å². The lowest BCUT2D eigenvalue weighted by Crippen LogP contribution is -2.45. The van der Waals surface area contributed by atoms with Crippen LogP contribution in [0.4, 0.5) is 0 Å². The van der Waals surface area contributed by atoms with Gasteiger partial charge in [-0.05, 0) is 24.3 Å². The molecule has 0 radical (unpaired) electrons. The molecule has 2 rings (SSSR count). The number of amides is 2. The molecular formula is C17H18N2O5. The summed E-state index contributed by atoms with van der Waals surface area (Å²) in [5.41, 5.74) is 4.48. The lowest BCUT2D eigenvalue weighted by molar-refractivity contribution is -0.131. The van der Waals surface area contributed by atoms with E-state index in [1.807, 2.05) is 6.07 Å². The summed E-state index contributed by atoms with van der Waals surface area (Å²) in [7, 11) is 1.51. The Labute approximate surface area is 139 Å². The summed E-state index contributed by atoms with van der Waals surface area (Å²) in [5, 5.41) is 0. The fraction of sp³-hybridized carbons (Fsp3) is 0.176. The van der Waals surface area contributed by atoms with Crippen molar-refractivity contribution in [1.29, 1.82) is 0 Å². The predicted molar refractivity (Wildman–Crippen MR) is 86.7 cm³/mol. The second-order valence-corrected chi connectivity index (χ2v) is 4.64. The van der Waals surface area contributed by atoms with Gasteiger partial charge in [-0.1, -0.05) is 30.3 Å². The topological polar surface area (TPSA) is 85.9 Å². The van der Waals surface area contributed by atoms with Gasteiger partial charge in [0.1, 0.15) is 5.75 Å². The van der Waals surface area contributed by atoms with Gasteiger partial charge in [-0.25, -0.2) is 0 Å². The van der Waals surface area contributed by atoms with Gasteiger partial charge in [0.2, 0.25) is 0 Å². The van der Waals surface area contributed by atoms with Crippen molar-refractivity contribution in [3.8, 4) is 17.2 Å². The average molecular weight is 330 g/mol.